The van der Waals surface area contributed by atoms with Crippen molar-refractivity contribution in [3.8, 4) is 11.5 Å². The van der Waals surface area contributed by atoms with Crippen LogP contribution in [-0.2, 0) is 6.16 Å². The van der Waals surface area contributed by atoms with Crippen LogP contribution in [0.3, 0.4) is 0 Å². The predicted molar refractivity (Wildman–Crippen MR) is 140 cm³/mol. The summed E-state index contributed by atoms with van der Waals surface area (Å²) in [6.07, 6.45) is 0.936. The van der Waals surface area contributed by atoms with Gasteiger partial charge in [0.1, 0.15) is 0 Å². The number of hydrogen-bond acceptors (Lipinski definition) is 2. The zero-order valence-electron chi connectivity index (χ0n) is 17.8. The molecule has 4 rings (SSSR count). The first-order valence-corrected chi connectivity index (χ1v) is 12.4. The summed E-state index contributed by atoms with van der Waals surface area (Å²) in [4.78, 5) is 0. The average molecular weight is 495 g/mol. The topological polar surface area (TPSA) is 18.5 Å². The minimum atomic E-state index is -2.32. The van der Waals surface area contributed by atoms with E-state index in [9.17, 15) is 0 Å². The number of benzene rings is 4. The van der Waals surface area contributed by atoms with Gasteiger partial charge in [0.2, 0.25) is 0 Å². The number of ether oxygens (including phenoxy) is 2. The third-order valence-electron chi connectivity index (χ3n) is 5.72. The summed E-state index contributed by atoms with van der Waals surface area (Å²) in [5.74, 6) is 1.53. The molecule has 0 aliphatic heterocycles. The molecule has 0 spiro atoms. The first-order valence-electron chi connectivity index (χ1n) is 10.2. The maximum atomic E-state index is 5.60. The van der Waals surface area contributed by atoms with E-state index in [0.717, 1.165) is 17.7 Å². The van der Waals surface area contributed by atoms with Gasteiger partial charge in [-0.3, -0.25) is 0 Å². The van der Waals surface area contributed by atoms with Gasteiger partial charge in [0, 0.05) is 0 Å². The van der Waals surface area contributed by atoms with Crippen molar-refractivity contribution in [2.75, 3.05) is 14.2 Å². The first kappa shape index (κ1) is 23.1. The molecular formula is C27H28BrO2P. The molecule has 0 unspecified atom stereocenters. The van der Waals surface area contributed by atoms with E-state index in [4.69, 9.17) is 9.47 Å². The fourth-order valence-electron chi connectivity index (χ4n) is 4.27. The average Bonchev–Trinajstić information content (AvgIpc) is 2.84. The Morgan fingerprint density at radius 1 is 0.548 bits per heavy atom. The molecule has 4 aromatic carbocycles. The van der Waals surface area contributed by atoms with Crippen LogP contribution in [0.5, 0.6) is 11.5 Å². The maximum absolute atomic E-state index is 5.60. The number of methoxy groups -OCH3 is 2. The van der Waals surface area contributed by atoms with Crippen molar-refractivity contribution in [3.05, 3.63) is 115 Å². The van der Waals surface area contributed by atoms with E-state index < -0.39 is 7.26 Å². The Morgan fingerprint density at radius 3 is 1.35 bits per heavy atom. The van der Waals surface area contributed by atoms with Crippen molar-refractivity contribution in [1.82, 2.24) is 0 Å². The molecule has 0 radical (unpaired) electrons. The fraction of sp³-hybridized carbons (Fsp3) is 0.111. The third kappa shape index (κ3) is 4.69. The Morgan fingerprint density at radius 2 is 0.968 bits per heavy atom. The zero-order chi connectivity index (χ0) is 20.8. The van der Waals surface area contributed by atoms with E-state index in [-0.39, 0.29) is 17.0 Å². The second-order valence-corrected chi connectivity index (χ2v) is 11.3. The van der Waals surface area contributed by atoms with E-state index in [1.807, 2.05) is 6.07 Å². The summed E-state index contributed by atoms with van der Waals surface area (Å²) >= 11 is 0. The van der Waals surface area contributed by atoms with Gasteiger partial charge in [0.05, 0.1) is 0 Å². The van der Waals surface area contributed by atoms with E-state index >= 15 is 0 Å². The summed E-state index contributed by atoms with van der Waals surface area (Å²) < 4.78 is 11.1. The molecule has 0 amide bonds. The number of halogens is 1. The normalized spacial score (nSPS) is 11.3. The van der Waals surface area contributed by atoms with Gasteiger partial charge in [-0.2, -0.15) is 0 Å². The van der Waals surface area contributed by atoms with Gasteiger partial charge in [-0.25, -0.2) is 0 Å². The van der Waals surface area contributed by atoms with E-state index in [0.29, 0.717) is 0 Å². The molecule has 0 saturated heterocycles. The van der Waals surface area contributed by atoms with Crippen LogP contribution in [0.4, 0.5) is 0 Å². The van der Waals surface area contributed by atoms with Gasteiger partial charge in [-0.1, -0.05) is 0 Å². The minimum absolute atomic E-state index is 0. The van der Waals surface area contributed by atoms with E-state index in [1.54, 1.807) is 14.2 Å². The Kier molecular flexibility index (Phi) is 7.90. The standard InChI is InChI=1S/C27H27O2P.BrH/c1-28-26-19-18-22(20-27(26)29-2)21-30(23-12-6-3-7-13-23,24-14-8-4-9-15-24)25-16-10-5-11-17-25;/h3-20,30H,21H2,1-2H3;1H. The second kappa shape index (κ2) is 10.6. The Balaban J connectivity index is 0.00000272. The van der Waals surface area contributed by atoms with Gasteiger partial charge in [-0.15, -0.1) is 17.0 Å². The van der Waals surface area contributed by atoms with Crippen molar-refractivity contribution >= 4 is 40.2 Å². The van der Waals surface area contributed by atoms with Crippen LogP contribution >= 0.6 is 24.2 Å². The van der Waals surface area contributed by atoms with Gasteiger partial charge < -0.3 is 0 Å². The van der Waals surface area contributed by atoms with Gasteiger partial charge in [0.25, 0.3) is 0 Å². The molecule has 0 atom stereocenters. The third-order valence-corrected chi connectivity index (χ3v) is 10.6. The van der Waals surface area contributed by atoms with Crippen molar-refractivity contribution in [1.29, 1.82) is 0 Å². The van der Waals surface area contributed by atoms with Crippen LogP contribution in [0.1, 0.15) is 5.56 Å². The molecule has 0 aliphatic carbocycles. The molecule has 4 aromatic rings. The second-order valence-electron chi connectivity index (χ2n) is 7.37. The predicted octanol–water partition coefficient (Wildman–Crippen LogP) is 5.51. The van der Waals surface area contributed by atoms with E-state index in [2.05, 4.69) is 103 Å². The summed E-state index contributed by atoms with van der Waals surface area (Å²) in [6.45, 7) is 0. The summed E-state index contributed by atoms with van der Waals surface area (Å²) in [6, 6.07) is 39.2. The molecular weight excluding hydrogens is 467 g/mol. The van der Waals surface area contributed by atoms with Gasteiger partial charge in [-0.05, 0) is 0 Å². The summed E-state index contributed by atoms with van der Waals surface area (Å²) in [5, 5.41) is 4.20. The van der Waals surface area contributed by atoms with Crippen LogP contribution in [0, 0.1) is 0 Å². The SMILES string of the molecule is Br.COc1ccc(C[PH](c2ccccc2)(c2ccccc2)c2ccccc2)cc1OC. The van der Waals surface area contributed by atoms with Crippen LogP contribution in [0.25, 0.3) is 0 Å². The molecule has 0 bridgehead atoms. The molecule has 160 valence electrons. The monoisotopic (exact) mass is 494 g/mol. The van der Waals surface area contributed by atoms with Crippen molar-refractivity contribution in [2.45, 2.75) is 6.16 Å². The van der Waals surface area contributed by atoms with Crippen molar-refractivity contribution in [2.24, 2.45) is 0 Å². The Bertz CT molecular complexity index is 989. The molecule has 0 N–H and O–H groups in total. The number of hydrogen-bond donors (Lipinski definition) is 0. The van der Waals surface area contributed by atoms with Gasteiger partial charge in [0.15, 0.2) is 0 Å². The molecule has 0 heterocycles. The first-order chi connectivity index (χ1) is 14.8. The van der Waals surface area contributed by atoms with Crippen LogP contribution in [-0.4, -0.2) is 14.2 Å². The molecule has 31 heavy (non-hydrogen) atoms. The molecule has 4 heteroatoms. The molecule has 0 aromatic heterocycles. The van der Waals surface area contributed by atoms with Crippen LogP contribution in [0.15, 0.2) is 109 Å². The van der Waals surface area contributed by atoms with Crippen LogP contribution in [0.2, 0.25) is 0 Å². The van der Waals surface area contributed by atoms with E-state index in [1.165, 1.54) is 21.5 Å². The zero-order valence-corrected chi connectivity index (χ0v) is 20.5. The molecule has 2 nitrogen and oxygen atoms in total. The summed E-state index contributed by atoms with van der Waals surface area (Å²) in [5.41, 5.74) is 1.25. The molecule has 0 aliphatic rings. The van der Waals surface area contributed by atoms with Crippen molar-refractivity contribution in [3.63, 3.8) is 0 Å². The molecule has 0 fully saturated rings. The number of rotatable bonds is 7. The Labute approximate surface area is 196 Å². The fourth-order valence-corrected chi connectivity index (χ4v) is 9.00. The Hall–Kier alpha value is -2.61. The van der Waals surface area contributed by atoms with Gasteiger partial charge >= 0.3 is 179 Å². The van der Waals surface area contributed by atoms with Crippen LogP contribution < -0.4 is 25.4 Å². The molecule has 0 saturated carbocycles. The quantitative estimate of drug-likeness (QED) is 0.315. The summed E-state index contributed by atoms with van der Waals surface area (Å²) in [7, 11) is 1.04. The van der Waals surface area contributed by atoms with Crippen molar-refractivity contribution < 1.29 is 9.47 Å².